The molecule has 0 aromatic heterocycles. The molecule has 0 aromatic carbocycles. The van der Waals surface area contributed by atoms with Crippen molar-refractivity contribution in [3.8, 4) is 24.7 Å². The Kier molecular flexibility index (Phi) is 7.02. The first kappa shape index (κ1) is 18.4. The van der Waals surface area contributed by atoms with Gasteiger partial charge in [0.15, 0.2) is 0 Å². The molecule has 0 N–H and O–H groups in total. The van der Waals surface area contributed by atoms with Crippen molar-refractivity contribution < 1.29 is 17.7 Å². The van der Waals surface area contributed by atoms with Crippen molar-refractivity contribution in [1.82, 2.24) is 0 Å². The van der Waals surface area contributed by atoms with Crippen LogP contribution in [0.15, 0.2) is 0 Å². The van der Waals surface area contributed by atoms with E-state index in [-0.39, 0.29) is 9.76 Å². The van der Waals surface area contributed by atoms with E-state index in [9.17, 15) is 0 Å². The van der Waals surface area contributed by atoms with Crippen LogP contribution in [0, 0.1) is 24.7 Å². The molecule has 2 radical (unpaired) electrons. The van der Waals surface area contributed by atoms with E-state index in [2.05, 4.69) is 11.8 Å². The van der Waals surface area contributed by atoms with Gasteiger partial charge >= 0.3 is 8.80 Å². The van der Waals surface area contributed by atoms with Crippen molar-refractivity contribution in [3.05, 3.63) is 0 Å². The van der Waals surface area contributed by atoms with Gasteiger partial charge in [-0.25, -0.2) is 0 Å². The molecule has 4 nitrogen and oxygen atoms in total. The zero-order chi connectivity index (χ0) is 15.2. The molecule has 106 valence electrons. The van der Waals surface area contributed by atoms with Crippen molar-refractivity contribution >= 4 is 18.6 Å². The van der Waals surface area contributed by atoms with Gasteiger partial charge in [-0.3, -0.25) is 0 Å². The molecule has 0 rings (SSSR count). The smallest absolute Gasteiger partial charge is 0.402 e. The fraction of sp³-hybridized carbons (Fsp3) is 0.692. The van der Waals surface area contributed by atoms with Gasteiger partial charge in [0.25, 0.3) is 0 Å². The third-order valence-electron chi connectivity index (χ3n) is 2.34. The maximum atomic E-state index is 5.86. The van der Waals surface area contributed by atoms with Crippen molar-refractivity contribution in [3.63, 3.8) is 0 Å². The summed E-state index contributed by atoms with van der Waals surface area (Å²) in [6.45, 7) is 7.24. The van der Waals surface area contributed by atoms with E-state index in [1.54, 1.807) is 28.1 Å². The molecule has 0 bridgehead atoms. The summed E-state index contributed by atoms with van der Waals surface area (Å²) in [4.78, 5) is 0. The highest BCUT2D eigenvalue weighted by molar-refractivity contribution is 6.69. The average molecular weight is 298 g/mol. The van der Waals surface area contributed by atoms with Gasteiger partial charge in [-0.2, -0.15) is 0 Å². The topological polar surface area (TPSA) is 36.9 Å². The Labute approximate surface area is 120 Å². The molecule has 0 aliphatic rings. The van der Waals surface area contributed by atoms with Crippen LogP contribution >= 0.6 is 0 Å². The molecule has 0 fully saturated rings. The summed E-state index contributed by atoms with van der Waals surface area (Å²) in [6.07, 6.45) is 10.8. The summed E-state index contributed by atoms with van der Waals surface area (Å²) >= 11 is 0. The van der Waals surface area contributed by atoms with E-state index in [1.807, 2.05) is 13.8 Å². The quantitative estimate of drug-likeness (QED) is 0.504. The molecule has 0 aliphatic heterocycles. The summed E-state index contributed by atoms with van der Waals surface area (Å²) in [5, 5.41) is 0. The van der Waals surface area contributed by atoms with Gasteiger partial charge in [0.1, 0.15) is 11.2 Å². The van der Waals surface area contributed by atoms with E-state index in [0.717, 1.165) is 0 Å². The van der Waals surface area contributed by atoms with E-state index in [0.29, 0.717) is 5.67 Å². The van der Waals surface area contributed by atoms with Crippen molar-refractivity contribution in [2.45, 2.75) is 44.6 Å². The highest BCUT2D eigenvalue weighted by Crippen LogP contribution is 2.22. The minimum absolute atomic E-state index is 0.118. The maximum Gasteiger partial charge on any atom is 0.500 e. The van der Waals surface area contributed by atoms with Gasteiger partial charge in [0, 0.05) is 19.9 Å². The molecular weight excluding hydrogens is 276 g/mol. The number of rotatable bonds is 8. The fourth-order valence-corrected chi connectivity index (χ4v) is 5.13. The predicted octanol–water partition coefficient (Wildman–Crippen LogP) is 1.65. The fourth-order valence-electron chi connectivity index (χ4n) is 1.10. The second kappa shape index (κ2) is 7.25. The second-order valence-corrected chi connectivity index (χ2v) is 9.22. The molecule has 0 amide bonds. The van der Waals surface area contributed by atoms with Crippen LogP contribution in [0.25, 0.3) is 0 Å². The summed E-state index contributed by atoms with van der Waals surface area (Å²) in [5.41, 5.74) is -0.845. The first-order chi connectivity index (χ1) is 8.66. The Morgan fingerprint density at radius 3 is 1.84 bits per heavy atom. The van der Waals surface area contributed by atoms with Crippen molar-refractivity contribution in [1.29, 1.82) is 0 Å². The first-order valence-electron chi connectivity index (χ1n) is 5.83. The SMILES string of the molecule is C#CC(C)(C)O[Si]C[Si](OC)(OC)OC(C)(C)C#C. The van der Waals surface area contributed by atoms with E-state index in [1.165, 1.54) is 0 Å². The third-order valence-corrected chi connectivity index (χ3v) is 7.37. The normalized spacial score (nSPS) is 12.8. The third kappa shape index (κ3) is 6.39. The van der Waals surface area contributed by atoms with Gasteiger partial charge in [0.2, 0.25) is 9.76 Å². The van der Waals surface area contributed by atoms with E-state index < -0.39 is 20.0 Å². The van der Waals surface area contributed by atoms with Gasteiger partial charge in [-0.05, 0) is 27.7 Å². The lowest BCUT2D eigenvalue weighted by molar-refractivity contribution is 0.0405. The highest BCUT2D eigenvalue weighted by atomic mass is 28.4. The Balaban J connectivity index is 4.67. The van der Waals surface area contributed by atoms with Crippen molar-refractivity contribution in [2.24, 2.45) is 0 Å². The van der Waals surface area contributed by atoms with Crippen LogP contribution in [0.2, 0.25) is 5.67 Å². The van der Waals surface area contributed by atoms with Gasteiger partial charge < -0.3 is 17.7 Å². The Bertz CT molecular complexity index is 362. The molecular formula is C13H22O4Si2. The second-order valence-electron chi connectivity index (χ2n) is 4.93. The number of hydrogen-bond donors (Lipinski definition) is 0. The van der Waals surface area contributed by atoms with Crippen LogP contribution < -0.4 is 0 Å². The molecule has 0 saturated carbocycles. The van der Waals surface area contributed by atoms with Crippen molar-refractivity contribution in [2.75, 3.05) is 14.2 Å². The van der Waals surface area contributed by atoms with E-state index in [4.69, 9.17) is 30.6 Å². The number of hydrogen-bond acceptors (Lipinski definition) is 4. The predicted molar refractivity (Wildman–Crippen MR) is 78.3 cm³/mol. The molecule has 0 heterocycles. The molecule has 19 heavy (non-hydrogen) atoms. The standard InChI is InChI=1S/C13H22O4Si2/c1-9-12(3,4)16-18-11-19(14-7,15-8)17-13(5,6)10-2/h1-2H,11H2,3-8H3. The lowest BCUT2D eigenvalue weighted by Crippen LogP contribution is -2.51. The Morgan fingerprint density at radius 2 is 1.47 bits per heavy atom. The van der Waals surface area contributed by atoms with Crippen LogP contribution in [0.4, 0.5) is 0 Å². The molecule has 6 heteroatoms. The minimum Gasteiger partial charge on any atom is -0.402 e. The monoisotopic (exact) mass is 298 g/mol. The molecule has 0 spiro atoms. The molecule has 0 aliphatic carbocycles. The van der Waals surface area contributed by atoms with Crippen LogP contribution in [0.3, 0.4) is 0 Å². The summed E-state index contributed by atoms with van der Waals surface area (Å²) < 4.78 is 22.4. The van der Waals surface area contributed by atoms with Crippen LogP contribution in [0.1, 0.15) is 27.7 Å². The van der Waals surface area contributed by atoms with Crippen LogP contribution in [-0.4, -0.2) is 44.0 Å². The number of terminal acetylenes is 2. The van der Waals surface area contributed by atoms with Gasteiger partial charge in [-0.1, -0.05) is 11.8 Å². The van der Waals surface area contributed by atoms with Gasteiger partial charge in [0.05, 0.1) is 0 Å². The molecule has 0 aromatic rings. The van der Waals surface area contributed by atoms with Crippen LogP contribution in [-0.2, 0) is 17.7 Å². The maximum absolute atomic E-state index is 5.86. The molecule has 0 atom stereocenters. The lowest BCUT2D eigenvalue weighted by atomic mass is 10.2. The summed E-state index contributed by atoms with van der Waals surface area (Å²) in [5.74, 6) is 5.13. The van der Waals surface area contributed by atoms with E-state index >= 15 is 0 Å². The lowest BCUT2D eigenvalue weighted by Gasteiger charge is -2.33. The highest BCUT2D eigenvalue weighted by Gasteiger charge is 2.44. The minimum atomic E-state index is -2.84. The molecule has 0 unspecified atom stereocenters. The first-order valence-corrected chi connectivity index (χ1v) is 8.87. The zero-order valence-corrected chi connectivity index (χ0v) is 14.5. The van der Waals surface area contributed by atoms with Crippen LogP contribution in [0.5, 0.6) is 0 Å². The summed E-state index contributed by atoms with van der Waals surface area (Å²) in [6, 6.07) is 0. The Morgan fingerprint density at radius 1 is 1.00 bits per heavy atom. The van der Waals surface area contributed by atoms with Gasteiger partial charge in [-0.15, -0.1) is 12.8 Å². The molecule has 0 saturated heterocycles. The largest absolute Gasteiger partial charge is 0.500 e. The zero-order valence-electron chi connectivity index (χ0n) is 12.5. The Hall–Kier alpha value is -0.606. The average Bonchev–Trinajstić information content (AvgIpc) is 2.37. The summed E-state index contributed by atoms with van der Waals surface area (Å²) in [7, 11) is 0.392.